The maximum Gasteiger partial charge on any atom is 0.307 e. The van der Waals surface area contributed by atoms with Gasteiger partial charge in [-0.3, -0.25) is 14.2 Å². The van der Waals surface area contributed by atoms with Crippen LogP contribution in [0.25, 0.3) is 0 Å². The Hall–Kier alpha value is -1.88. The Kier molecular flexibility index (Phi) is 3.92. The molecule has 0 fully saturated rings. The average Bonchev–Trinajstić information content (AvgIpc) is 2.65. The van der Waals surface area contributed by atoms with E-state index in [-0.39, 0.29) is 4.87 Å². The van der Waals surface area contributed by atoms with Crippen molar-refractivity contribution in [2.24, 2.45) is 5.73 Å². The Morgan fingerprint density at radius 1 is 1.14 bits per heavy atom. The summed E-state index contributed by atoms with van der Waals surface area (Å²) in [6, 6.07) is 7.17. The number of thiazole rings is 1. The maximum absolute atomic E-state index is 12.2. The summed E-state index contributed by atoms with van der Waals surface area (Å²) in [5.41, 5.74) is 7.97. The number of carbonyl (C=O) groups excluding carboxylic acids is 1. The molecule has 0 spiro atoms. The SMILES string of the molecule is NC(=O)c1ccc(Cn2c3c(sc2=O)CCCCC3)cc1. The van der Waals surface area contributed by atoms with Gasteiger partial charge in [-0.15, -0.1) is 0 Å². The molecule has 4 nitrogen and oxygen atoms in total. The fourth-order valence-electron chi connectivity index (χ4n) is 2.82. The maximum atomic E-state index is 12.2. The Labute approximate surface area is 127 Å². The molecule has 21 heavy (non-hydrogen) atoms. The molecular formula is C16H18N2O2S. The number of rotatable bonds is 3. The first-order chi connectivity index (χ1) is 10.1. The van der Waals surface area contributed by atoms with Crippen molar-refractivity contribution in [3.05, 3.63) is 55.6 Å². The fourth-order valence-corrected chi connectivity index (χ4v) is 3.89. The quantitative estimate of drug-likeness (QED) is 0.884. The highest BCUT2D eigenvalue weighted by Gasteiger charge is 2.17. The lowest BCUT2D eigenvalue weighted by Crippen LogP contribution is -2.17. The predicted molar refractivity (Wildman–Crippen MR) is 83.9 cm³/mol. The molecule has 0 saturated heterocycles. The molecule has 1 aromatic carbocycles. The molecule has 0 unspecified atom stereocenters. The molecule has 1 amide bonds. The monoisotopic (exact) mass is 302 g/mol. The van der Waals surface area contributed by atoms with Crippen molar-refractivity contribution >= 4 is 17.2 Å². The normalized spacial score (nSPS) is 14.5. The van der Waals surface area contributed by atoms with Gasteiger partial charge >= 0.3 is 4.87 Å². The topological polar surface area (TPSA) is 65.1 Å². The second-order valence-corrected chi connectivity index (χ2v) is 6.49. The molecule has 1 heterocycles. The molecule has 110 valence electrons. The zero-order chi connectivity index (χ0) is 14.8. The van der Waals surface area contributed by atoms with Gasteiger partial charge in [0, 0.05) is 16.1 Å². The summed E-state index contributed by atoms with van der Waals surface area (Å²) >= 11 is 1.39. The molecule has 0 radical (unpaired) electrons. The Balaban J connectivity index is 1.89. The standard InChI is InChI=1S/C16H18N2O2S/c17-15(19)12-8-6-11(7-9-12)10-18-13-4-2-1-3-5-14(13)21-16(18)20/h6-9H,1-5,10H2,(H2,17,19). The molecule has 3 rings (SSSR count). The Morgan fingerprint density at radius 3 is 2.57 bits per heavy atom. The van der Waals surface area contributed by atoms with Gasteiger partial charge in [-0.25, -0.2) is 0 Å². The highest BCUT2D eigenvalue weighted by atomic mass is 32.1. The lowest BCUT2D eigenvalue weighted by molar-refractivity contribution is 0.100. The molecular weight excluding hydrogens is 284 g/mol. The van der Waals surface area contributed by atoms with Crippen LogP contribution >= 0.6 is 11.3 Å². The number of aryl methyl sites for hydroxylation is 1. The highest BCUT2D eigenvalue weighted by Crippen LogP contribution is 2.23. The number of benzene rings is 1. The molecule has 0 atom stereocenters. The third kappa shape index (κ3) is 2.93. The second-order valence-electron chi connectivity index (χ2n) is 5.45. The summed E-state index contributed by atoms with van der Waals surface area (Å²) in [4.78, 5) is 24.7. The zero-order valence-corrected chi connectivity index (χ0v) is 12.6. The minimum atomic E-state index is -0.428. The van der Waals surface area contributed by atoms with E-state index in [1.807, 2.05) is 16.7 Å². The van der Waals surface area contributed by atoms with Gasteiger partial charge in [-0.2, -0.15) is 0 Å². The predicted octanol–water partition coefficient (Wildman–Crippen LogP) is 2.33. The lowest BCUT2D eigenvalue weighted by atomic mass is 10.1. The van der Waals surface area contributed by atoms with Gasteiger partial charge in [0.25, 0.3) is 0 Å². The van der Waals surface area contributed by atoms with Crippen molar-refractivity contribution < 1.29 is 4.79 Å². The van der Waals surface area contributed by atoms with E-state index in [2.05, 4.69) is 0 Å². The van der Waals surface area contributed by atoms with Crippen LogP contribution in [0.3, 0.4) is 0 Å². The van der Waals surface area contributed by atoms with Crippen molar-refractivity contribution in [3.63, 3.8) is 0 Å². The number of primary amides is 1. The number of hydrogen-bond donors (Lipinski definition) is 1. The first kappa shape index (κ1) is 14.1. The van der Waals surface area contributed by atoms with E-state index in [1.165, 1.54) is 34.7 Å². The third-order valence-corrected chi connectivity index (χ3v) is 5.06. The number of nitrogens with two attached hydrogens (primary N) is 1. The summed E-state index contributed by atoms with van der Waals surface area (Å²) < 4.78 is 1.89. The Bertz CT molecular complexity index is 713. The van der Waals surface area contributed by atoms with E-state index in [0.29, 0.717) is 12.1 Å². The summed E-state index contributed by atoms with van der Waals surface area (Å²) in [6.45, 7) is 0.573. The van der Waals surface area contributed by atoms with Crippen LogP contribution in [0.1, 0.15) is 45.8 Å². The fraction of sp³-hybridized carbons (Fsp3) is 0.375. The minimum absolute atomic E-state index is 0.126. The van der Waals surface area contributed by atoms with Crippen LogP contribution in [0.15, 0.2) is 29.1 Å². The molecule has 0 saturated carbocycles. The van der Waals surface area contributed by atoms with Crippen LogP contribution in [0.2, 0.25) is 0 Å². The van der Waals surface area contributed by atoms with Gasteiger partial charge in [0.05, 0.1) is 6.54 Å². The van der Waals surface area contributed by atoms with E-state index < -0.39 is 5.91 Å². The van der Waals surface area contributed by atoms with Gasteiger partial charge in [-0.05, 0) is 43.4 Å². The van der Waals surface area contributed by atoms with Crippen LogP contribution in [-0.2, 0) is 19.4 Å². The highest BCUT2D eigenvalue weighted by molar-refractivity contribution is 7.09. The van der Waals surface area contributed by atoms with Crippen LogP contribution in [0.5, 0.6) is 0 Å². The number of amides is 1. The number of carbonyl (C=O) groups is 1. The average molecular weight is 302 g/mol. The number of hydrogen-bond acceptors (Lipinski definition) is 3. The van der Waals surface area contributed by atoms with Gasteiger partial charge in [0.15, 0.2) is 0 Å². The number of nitrogens with zero attached hydrogens (tertiary/aromatic N) is 1. The molecule has 1 aromatic heterocycles. The van der Waals surface area contributed by atoms with Crippen LogP contribution < -0.4 is 10.6 Å². The summed E-state index contributed by atoms with van der Waals surface area (Å²) in [6.07, 6.45) is 5.60. The van der Waals surface area contributed by atoms with E-state index in [0.717, 1.165) is 24.8 Å². The van der Waals surface area contributed by atoms with Crippen LogP contribution in [0.4, 0.5) is 0 Å². The number of aromatic nitrogens is 1. The van der Waals surface area contributed by atoms with E-state index in [9.17, 15) is 9.59 Å². The summed E-state index contributed by atoms with van der Waals surface area (Å²) in [7, 11) is 0. The van der Waals surface area contributed by atoms with Crippen molar-refractivity contribution in [2.75, 3.05) is 0 Å². The summed E-state index contributed by atoms with van der Waals surface area (Å²) in [5, 5.41) is 0. The molecule has 2 N–H and O–H groups in total. The van der Waals surface area contributed by atoms with Crippen LogP contribution in [0, 0.1) is 0 Å². The van der Waals surface area contributed by atoms with Gasteiger partial charge in [0.2, 0.25) is 5.91 Å². The summed E-state index contributed by atoms with van der Waals surface area (Å²) in [5.74, 6) is -0.428. The van der Waals surface area contributed by atoms with Crippen molar-refractivity contribution in [2.45, 2.75) is 38.6 Å². The molecule has 5 heteroatoms. The molecule has 0 aliphatic heterocycles. The second kappa shape index (κ2) is 5.85. The lowest BCUT2D eigenvalue weighted by Gasteiger charge is -2.08. The van der Waals surface area contributed by atoms with Crippen molar-refractivity contribution in [1.82, 2.24) is 4.57 Å². The minimum Gasteiger partial charge on any atom is -0.366 e. The largest absolute Gasteiger partial charge is 0.366 e. The smallest absolute Gasteiger partial charge is 0.307 e. The van der Waals surface area contributed by atoms with Crippen LogP contribution in [-0.4, -0.2) is 10.5 Å². The van der Waals surface area contributed by atoms with Crippen molar-refractivity contribution in [3.8, 4) is 0 Å². The van der Waals surface area contributed by atoms with Gasteiger partial charge < -0.3 is 5.73 Å². The molecule has 2 aromatic rings. The Morgan fingerprint density at radius 2 is 1.86 bits per heavy atom. The number of fused-ring (bicyclic) bond motifs is 1. The van der Waals surface area contributed by atoms with E-state index >= 15 is 0 Å². The van der Waals surface area contributed by atoms with E-state index in [4.69, 9.17) is 5.73 Å². The van der Waals surface area contributed by atoms with Gasteiger partial charge in [-0.1, -0.05) is 29.9 Å². The van der Waals surface area contributed by atoms with E-state index in [1.54, 1.807) is 12.1 Å². The first-order valence-corrected chi connectivity index (χ1v) is 8.07. The third-order valence-electron chi connectivity index (χ3n) is 3.98. The zero-order valence-electron chi connectivity index (χ0n) is 11.8. The molecule has 1 aliphatic rings. The first-order valence-electron chi connectivity index (χ1n) is 7.25. The van der Waals surface area contributed by atoms with Crippen molar-refractivity contribution in [1.29, 1.82) is 0 Å². The van der Waals surface area contributed by atoms with Gasteiger partial charge in [0.1, 0.15) is 0 Å². The molecule has 0 bridgehead atoms. The molecule has 1 aliphatic carbocycles.